The number of carbonyl (C=O) groups is 2. The molecule has 0 radical (unpaired) electrons. The Morgan fingerprint density at radius 1 is 1.15 bits per heavy atom. The number of hydrogen-bond acceptors (Lipinski definition) is 2. The minimum Gasteiger partial charge on any atom is -0.336 e. The van der Waals surface area contributed by atoms with Crippen LogP contribution >= 0.6 is 0 Å². The van der Waals surface area contributed by atoms with Gasteiger partial charge in [-0.25, -0.2) is 0 Å². The summed E-state index contributed by atoms with van der Waals surface area (Å²) >= 11 is 0. The smallest absolute Gasteiger partial charge is 0.243 e. The van der Waals surface area contributed by atoms with Gasteiger partial charge < -0.3 is 10.2 Å². The van der Waals surface area contributed by atoms with Crippen molar-refractivity contribution in [1.82, 2.24) is 4.90 Å². The summed E-state index contributed by atoms with van der Waals surface area (Å²) in [6.45, 7) is 4.01. The van der Waals surface area contributed by atoms with Crippen molar-refractivity contribution in [3.63, 3.8) is 0 Å². The number of likely N-dealkylation sites (N-methyl/N-ethyl adjacent to an activating group) is 1. The first-order chi connectivity index (χ1) is 12.5. The maximum atomic E-state index is 12.9. The minimum atomic E-state index is -0.168. The topological polar surface area (TPSA) is 49.4 Å². The number of hydrogen-bond donors (Lipinski definition) is 1. The van der Waals surface area contributed by atoms with Crippen molar-refractivity contribution in [3.05, 3.63) is 64.7 Å². The average molecular weight is 350 g/mol. The third-order valence-corrected chi connectivity index (χ3v) is 5.09. The summed E-state index contributed by atoms with van der Waals surface area (Å²) in [5.74, 6) is -0.287. The van der Waals surface area contributed by atoms with Crippen molar-refractivity contribution in [2.24, 2.45) is 0 Å². The van der Waals surface area contributed by atoms with Gasteiger partial charge in [-0.3, -0.25) is 9.59 Å². The predicted molar refractivity (Wildman–Crippen MR) is 104 cm³/mol. The van der Waals surface area contributed by atoms with Gasteiger partial charge >= 0.3 is 0 Å². The highest BCUT2D eigenvalue weighted by atomic mass is 16.2. The van der Waals surface area contributed by atoms with Gasteiger partial charge in [0.15, 0.2) is 0 Å². The highest BCUT2D eigenvalue weighted by Crippen LogP contribution is 2.32. The van der Waals surface area contributed by atoms with Crippen LogP contribution in [0.1, 0.15) is 41.0 Å². The van der Waals surface area contributed by atoms with Crippen LogP contribution in [0.2, 0.25) is 0 Å². The van der Waals surface area contributed by atoms with Crippen LogP contribution in [0.4, 0.5) is 5.69 Å². The van der Waals surface area contributed by atoms with E-state index < -0.39 is 0 Å². The molecule has 2 aromatic rings. The number of aryl methyl sites for hydroxylation is 3. The van der Waals surface area contributed by atoms with Crippen molar-refractivity contribution >= 4 is 17.5 Å². The number of carbonyl (C=O) groups excluding carboxylic acids is 2. The Labute approximate surface area is 155 Å². The molecule has 0 saturated carbocycles. The standard InChI is InChI=1S/C22H26N2O2/c1-15-11-12-16(2)20(13-15)23-21(25)14-24(3)22(26)19-10-6-8-17-7-4-5-9-18(17)19/h4-5,7,9,11-13,19H,6,8,10,14H2,1-3H3,(H,23,25). The van der Waals surface area contributed by atoms with Gasteiger partial charge in [0.2, 0.25) is 11.8 Å². The summed E-state index contributed by atoms with van der Waals surface area (Å²) in [6.07, 6.45) is 2.88. The van der Waals surface area contributed by atoms with Crippen LogP contribution in [0.3, 0.4) is 0 Å². The Kier molecular flexibility index (Phi) is 5.40. The van der Waals surface area contributed by atoms with Crippen molar-refractivity contribution in [2.45, 2.75) is 39.0 Å². The van der Waals surface area contributed by atoms with Gasteiger partial charge in [0, 0.05) is 12.7 Å². The van der Waals surface area contributed by atoms with E-state index >= 15 is 0 Å². The summed E-state index contributed by atoms with van der Waals surface area (Å²) in [6, 6.07) is 14.1. The lowest BCUT2D eigenvalue weighted by atomic mass is 9.82. The maximum Gasteiger partial charge on any atom is 0.243 e. The summed E-state index contributed by atoms with van der Waals surface area (Å²) in [5.41, 5.74) is 5.28. The Hall–Kier alpha value is -2.62. The number of benzene rings is 2. The molecule has 136 valence electrons. The molecule has 4 nitrogen and oxygen atoms in total. The third kappa shape index (κ3) is 3.96. The van der Waals surface area contributed by atoms with Crippen LogP contribution in [-0.2, 0) is 16.0 Å². The van der Waals surface area contributed by atoms with Crippen LogP contribution in [0, 0.1) is 13.8 Å². The Bertz CT molecular complexity index is 829. The quantitative estimate of drug-likeness (QED) is 0.911. The van der Waals surface area contributed by atoms with Crippen LogP contribution in [-0.4, -0.2) is 30.3 Å². The normalized spacial score (nSPS) is 15.9. The van der Waals surface area contributed by atoms with Crippen LogP contribution in [0.5, 0.6) is 0 Å². The van der Waals surface area contributed by atoms with E-state index in [4.69, 9.17) is 0 Å². The number of nitrogens with zero attached hydrogens (tertiary/aromatic N) is 1. The zero-order valence-corrected chi connectivity index (χ0v) is 15.7. The van der Waals surface area contributed by atoms with E-state index in [0.29, 0.717) is 0 Å². The maximum absolute atomic E-state index is 12.9. The molecule has 4 heteroatoms. The fourth-order valence-electron chi connectivity index (χ4n) is 3.63. The molecule has 2 amide bonds. The number of amides is 2. The number of anilines is 1. The van der Waals surface area contributed by atoms with Gasteiger partial charge in [-0.2, -0.15) is 0 Å². The molecule has 0 saturated heterocycles. The third-order valence-electron chi connectivity index (χ3n) is 5.09. The Morgan fingerprint density at radius 3 is 2.73 bits per heavy atom. The number of nitrogens with one attached hydrogen (secondary N) is 1. The zero-order chi connectivity index (χ0) is 18.7. The van der Waals surface area contributed by atoms with E-state index in [1.165, 1.54) is 5.56 Å². The van der Waals surface area contributed by atoms with E-state index in [1.807, 2.05) is 50.2 Å². The predicted octanol–water partition coefficient (Wildman–Crippen LogP) is 3.82. The van der Waals surface area contributed by atoms with Gasteiger partial charge in [0.05, 0.1) is 12.5 Å². The molecule has 3 rings (SSSR count). The van der Waals surface area contributed by atoms with Gasteiger partial charge in [-0.15, -0.1) is 0 Å². The van der Waals surface area contributed by atoms with Crippen LogP contribution in [0.25, 0.3) is 0 Å². The molecule has 0 aromatic heterocycles. The van der Waals surface area contributed by atoms with Crippen molar-refractivity contribution in [1.29, 1.82) is 0 Å². The molecule has 1 N–H and O–H groups in total. The molecule has 0 fully saturated rings. The van der Waals surface area contributed by atoms with Crippen LogP contribution in [0.15, 0.2) is 42.5 Å². The summed E-state index contributed by atoms with van der Waals surface area (Å²) < 4.78 is 0. The molecule has 1 aliphatic rings. The number of rotatable bonds is 4. The largest absolute Gasteiger partial charge is 0.336 e. The lowest BCUT2D eigenvalue weighted by molar-refractivity contribution is -0.134. The van der Waals surface area contributed by atoms with Gasteiger partial charge in [0.1, 0.15) is 0 Å². The van der Waals surface area contributed by atoms with Crippen molar-refractivity contribution in [2.75, 3.05) is 18.9 Å². The summed E-state index contributed by atoms with van der Waals surface area (Å²) in [4.78, 5) is 26.9. The van der Waals surface area contributed by atoms with Gasteiger partial charge in [-0.1, -0.05) is 36.4 Å². The highest BCUT2D eigenvalue weighted by Gasteiger charge is 2.29. The Morgan fingerprint density at radius 2 is 1.92 bits per heavy atom. The molecule has 0 aliphatic heterocycles. The molecular formula is C22H26N2O2. The SMILES string of the molecule is Cc1ccc(C)c(NC(=O)CN(C)C(=O)C2CCCc3ccccc32)c1. The van der Waals surface area contributed by atoms with E-state index in [-0.39, 0.29) is 24.3 Å². The molecular weight excluding hydrogens is 324 g/mol. The van der Waals surface area contributed by atoms with Crippen molar-refractivity contribution < 1.29 is 9.59 Å². The van der Waals surface area contributed by atoms with Gasteiger partial charge in [-0.05, 0) is 61.4 Å². The lowest BCUT2D eigenvalue weighted by Gasteiger charge is -2.28. The Balaban J connectivity index is 1.66. The monoisotopic (exact) mass is 350 g/mol. The molecule has 1 atom stereocenters. The molecule has 0 bridgehead atoms. The minimum absolute atomic E-state index is 0.0215. The first kappa shape index (κ1) is 18.2. The summed E-state index contributed by atoms with van der Waals surface area (Å²) in [7, 11) is 1.71. The summed E-state index contributed by atoms with van der Waals surface area (Å²) in [5, 5.41) is 2.93. The second-order valence-electron chi connectivity index (χ2n) is 7.20. The van der Waals surface area contributed by atoms with E-state index in [9.17, 15) is 9.59 Å². The van der Waals surface area contributed by atoms with E-state index in [0.717, 1.165) is 41.6 Å². The second kappa shape index (κ2) is 7.73. The van der Waals surface area contributed by atoms with E-state index in [1.54, 1.807) is 11.9 Å². The fourth-order valence-corrected chi connectivity index (χ4v) is 3.63. The van der Waals surface area contributed by atoms with E-state index in [2.05, 4.69) is 11.4 Å². The zero-order valence-electron chi connectivity index (χ0n) is 15.7. The highest BCUT2D eigenvalue weighted by molar-refractivity contribution is 5.96. The molecule has 1 aliphatic carbocycles. The molecule has 2 aromatic carbocycles. The van der Waals surface area contributed by atoms with Crippen molar-refractivity contribution in [3.8, 4) is 0 Å². The first-order valence-corrected chi connectivity index (χ1v) is 9.15. The molecule has 26 heavy (non-hydrogen) atoms. The average Bonchev–Trinajstić information content (AvgIpc) is 2.63. The molecule has 0 heterocycles. The first-order valence-electron chi connectivity index (χ1n) is 9.15. The molecule has 0 spiro atoms. The van der Waals surface area contributed by atoms with Crippen LogP contribution < -0.4 is 5.32 Å². The number of fused-ring (bicyclic) bond motifs is 1. The lowest BCUT2D eigenvalue weighted by Crippen LogP contribution is -2.38. The second-order valence-corrected chi connectivity index (χ2v) is 7.20. The molecule has 1 unspecified atom stereocenters. The van der Waals surface area contributed by atoms with Gasteiger partial charge in [0.25, 0.3) is 0 Å². The fraction of sp³-hybridized carbons (Fsp3) is 0.364.